The van der Waals surface area contributed by atoms with Gasteiger partial charge in [0.25, 0.3) is 5.91 Å². The van der Waals surface area contributed by atoms with Gasteiger partial charge in [-0.3, -0.25) is 4.79 Å². The Balaban J connectivity index is 1.51. The van der Waals surface area contributed by atoms with Crippen molar-refractivity contribution in [2.45, 2.75) is 0 Å². The maximum Gasteiger partial charge on any atom is 0.348 e. The molecule has 5 aromatic rings. The van der Waals surface area contributed by atoms with Gasteiger partial charge in [0, 0.05) is 47.6 Å². The summed E-state index contributed by atoms with van der Waals surface area (Å²) in [4.78, 5) is 31.6. The molecule has 0 aliphatic heterocycles. The summed E-state index contributed by atoms with van der Waals surface area (Å²) >= 11 is 6.87. The molecule has 8 nitrogen and oxygen atoms in total. The Bertz CT molecular complexity index is 1620. The molecule has 3 heterocycles. The Labute approximate surface area is 225 Å². The van der Waals surface area contributed by atoms with E-state index in [0.717, 1.165) is 39.9 Å². The molecular formula is C27H20ClFN4O4S. The number of aromatic nitrogens is 3. The van der Waals surface area contributed by atoms with E-state index in [4.69, 9.17) is 16.3 Å². The van der Waals surface area contributed by atoms with Gasteiger partial charge in [-0.05, 0) is 35.9 Å². The fourth-order valence-electron chi connectivity index (χ4n) is 3.98. The molecule has 0 fully saturated rings. The Morgan fingerprint density at radius 1 is 1.13 bits per heavy atom. The first-order valence-electron chi connectivity index (χ1n) is 11.4. The van der Waals surface area contributed by atoms with Crippen molar-refractivity contribution >= 4 is 46.1 Å². The van der Waals surface area contributed by atoms with Crippen LogP contribution in [0.15, 0.2) is 73.1 Å². The number of fused-ring (bicyclic) bond motifs is 1. The average molecular weight is 551 g/mol. The number of methoxy groups -OCH3 is 1. The first-order valence-corrected chi connectivity index (χ1v) is 12.6. The minimum atomic E-state index is -1.20. The highest BCUT2D eigenvalue weighted by molar-refractivity contribution is 7.18. The molecule has 0 bridgehead atoms. The lowest BCUT2D eigenvalue weighted by atomic mass is 10.1. The summed E-state index contributed by atoms with van der Waals surface area (Å²) < 4.78 is 21.4. The Morgan fingerprint density at radius 2 is 1.89 bits per heavy atom. The van der Waals surface area contributed by atoms with E-state index in [1.54, 1.807) is 22.8 Å². The number of halogens is 2. The predicted molar refractivity (Wildman–Crippen MR) is 144 cm³/mol. The quantitative estimate of drug-likeness (QED) is 0.258. The Hall–Kier alpha value is -4.12. The monoisotopic (exact) mass is 550 g/mol. The highest BCUT2D eigenvalue weighted by atomic mass is 35.5. The molecule has 2 aromatic carbocycles. The number of rotatable bonds is 8. The van der Waals surface area contributed by atoms with Crippen LogP contribution in [0.5, 0.6) is 0 Å². The molecule has 3 aromatic heterocycles. The largest absolute Gasteiger partial charge is 0.477 e. The van der Waals surface area contributed by atoms with Crippen LogP contribution < -0.4 is 4.90 Å². The molecule has 0 aliphatic carbocycles. The lowest BCUT2D eigenvalue weighted by Crippen LogP contribution is -2.35. The number of nitrogens with zero attached hydrogens (tertiary/aromatic N) is 4. The average Bonchev–Trinajstić information content (AvgIpc) is 3.54. The zero-order valence-corrected chi connectivity index (χ0v) is 21.5. The normalized spacial score (nSPS) is 11.1. The summed E-state index contributed by atoms with van der Waals surface area (Å²) in [6.07, 6.45) is 3.51. The number of hydrogen-bond donors (Lipinski definition) is 1. The molecule has 0 radical (unpaired) electrons. The fourth-order valence-corrected chi connectivity index (χ4v) is 5.14. The molecule has 38 heavy (non-hydrogen) atoms. The Morgan fingerprint density at radius 3 is 2.58 bits per heavy atom. The van der Waals surface area contributed by atoms with Gasteiger partial charge < -0.3 is 14.7 Å². The van der Waals surface area contributed by atoms with Crippen LogP contribution in [0.3, 0.4) is 0 Å². The second kappa shape index (κ2) is 10.7. The number of aromatic carboxylic acids is 1. The van der Waals surface area contributed by atoms with E-state index in [1.807, 2.05) is 36.5 Å². The molecule has 0 saturated carbocycles. The molecule has 0 aliphatic rings. The third-order valence-corrected chi connectivity index (χ3v) is 7.22. The van der Waals surface area contributed by atoms with Crippen molar-refractivity contribution in [2.24, 2.45) is 0 Å². The van der Waals surface area contributed by atoms with Gasteiger partial charge in [-0.15, -0.1) is 11.3 Å². The molecule has 0 unspecified atom stereocenters. The van der Waals surface area contributed by atoms with Crippen LogP contribution in [0, 0.1) is 5.82 Å². The van der Waals surface area contributed by atoms with E-state index < -0.39 is 17.7 Å². The number of ether oxygens (including phenoxy) is 1. The van der Waals surface area contributed by atoms with Crippen LogP contribution in [0.25, 0.3) is 27.3 Å². The van der Waals surface area contributed by atoms with E-state index in [9.17, 15) is 19.1 Å². The zero-order chi connectivity index (χ0) is 26.8. The summed E-state index contributed by atoms with van der Waals surface area (Å²) in [5.41, 5.74) is 3.02. The highest BCUT2D eigenvalue weighted by Crippen LogP contribution is 2.38. The van der Waals surface area contributed by atoms with Crippen LogP contribution in [0.2, 0.25) is 5.02 Å². The second-order valence-electron chi connectivity index (χ2n) is 8.23. The first kappa shape index (κ1) is 25.5. The SMILES string of the molecule is COCCN(C(=O)c1ccc(Cl)cc1F)c1cc(-c2ccc(-c3cc4ncccn4n3)cc2)sc1C(=O)O. The number of benzene rings is 2. The number of carbonyl (C=O) groups is 2. The maximum absolute atomic E-state index is 14.6. The number of anilines is 1. The smallest absolute Gasteiger partial charge is 0.348 e. The van der Waals surface area contributed by atoms with E-state index in [0.29, 0.717) is 4.88 Å². The first-order chi connectivity index (χ1) is 18.4. The van der Waals surface area contributed by atoms with Crippen molar-refractivity contribution in [1.29, 1.82) is 0 Å². The van der Waals surface area contributed by atoms with Gasteiger partial charge in [-0.25, -0.2) is 18.7 Å². The summed E-state index contributed by atoms with van der Waals surface area (Å²) in [6.45, 7) is 0.141. The van der Waals surface area contributed by atoms with Crippen molar-refractivity contribution < 1.29 is 23.8 Å². The summed E-state index contributed by atoms with van der Waals surface area (Å²) in [6, 6.07) is 16.5. The van der Waals surface area contributed by atoms with Crippen LogP contribution in [-0.4, -0.2) is 51.8 Å². The van der Waals surface area contributed by atoms with Crippen molar-refractivity contribution in [2.75, 3.05) is 25.2 Å². The molecule has 5 rings (SSSR count). The molecule has 11 heteroatoms. The molecular weight excluding hydrogens is 531 g/mol. The number of amides is 1. The number of thiophene rings is 1. The second-order valence-corrected chi connectivity index (χ2v) is 9.72. The van der Waals surface area contributed by atoms with Gasteiger partial charge in [-0.1, -0.05) is 35.9 Å². The fraction of sp³-hybridized carbons (Fsp3) is 0.111. The van der Waals surface area contributed by atoms with Gasteiger partial charge >= 0.3 is 5.97 Å². The summed E-state index contributed by atoms with van der Waals surface area (Å²) in [5, 5.41) is 14.6. The third kappa shape index (κ3) is 5.01. The molecule has 192 valence electrons. The lowest BCUT2D eigenvalue weighted by molar-refractivity contribution is 0.0702. The van der Waals surface area contributed by atoms with Crippen LogP contribution >= 0.6 is 22.9 Å². The van der Waals surface area contributed by atoms with Gasteiger partial charge in [0.05, 0.1) is 23.6 Å². The van der Waals surface area contributed by atoms with E-state index in [1.165, 1.54) is 24.1 Å². The molecule has 1 N–H and O–H groups in total. The molecule has 0 spiro atoms. The zero-order valence-electron chi connectivity index (χ0n) is 20.0. The summed E-state index contributed by atoms with van der Waals surface area (Å²) in [7, 11) is 1.46. The van der Waals surface area contributed by atoms with Crippen LogP contribution in [-0.2, 0) is 4.74 Å². The number of carboxylic acid groups (broad SMARTS) is 1. The molecule has 0 atom stereocenters. The number of carbonyl (C=O) groups excluding carboxylic acids is 1. The highest BCUT2D eigenvalue weighted by Gasteiger charge is 2.27. The molecule has 0 saturated heterocycles. The minimum absolute atomic E-state index is 0.0225. The third-order valence-electron chi connectivity index (χ3n) is 5.82. The number of carboxylic acids is 1. The van der Waals surface area contributed by atoms with Gasteiger partial charge in [0.2, 0.25) is 0 Å². The van der Waals surface area contributed by atoms with Crippen molar-refractivity contribution in [1.82, 2.24) is 14.6 Å². The topological polar surface area (TPSA) is 97.0 Å². The van der Waals surface area contributed by atoms with Crippen LogP contribution in [0.4, 0.5) is 10.1 Å². The van der Waals surface area contributed by atoms with Crippen molar-refractivity contribution in [3.63, 3.8) is 0 Å². The van der Waals surface area contributed by atoms with E-state index in [-0.39, 0.29) is 34.3 Å². The van der Waals surface area contributed by atoms with Crippen molar-refractivity contribution in [3.8, 4) is 21.7 Å². The predicted octanol–water partition coefficient (Wildman–Crippen LogP) is 5.91. The lowest BCUT2D eigenvalue weighted by Gasteiger charge is -2.22. The Kier molecular flexibility index (Phi) is 7.19. The van der Waals surface area contributed by atoms with Gasteiger partial charge in [-0.2, -0.15) is 5.10 Å². The summed E-state index contributed by atoms with van der Waals surface area (Å²) in [5.74, 6) is -2.69. The van der Waals surface area contributed by atoms with E-state index >= 15 is 0 Å². The van der Waals surface area contributed by atoms with E-state index in [2.05, 4.69) is 10.1 Å². The maximum atomic E-state index is 14.6. The van der Waals surface area contributed by atoms with Crippen molar-refractivity contribution in [3.05, 3.63) is 94.3 Å². The standard InChI is InChI=1S/C27H20ClFN4O4S/c1-37-12-11-32(26(34)19-8-7-18(28)13-20(19)29)22-15-23(38-25(22)27(35)36)17-5-3-16(4-6-17)21-14-24-30-9-2-10-33(24)31-21/h2-10,13-15H,11-12H2,1H3,(H,35,36). The minimum Gasteiger partial charge on any atom is -0.477 e. The van der Waals surface area contributed by atoms with Gasteiger partial charge in [0.15, 0.2) is 5.65 Å². The van der Waals surface area contributed by atoms with Gasteiger partial charge in [0.1, 0.15) is 10.7 Å². The van der Waals surface area contributed by atoms with Crippen LogP contribution in [0.1, 0.15) is 20.0 Å². The molecule has 1 amide bonds. The number of hydrogen-bond acceptors (Lipinski definition) is 6.